The number of imidazole rings is 1. The number of hydrogen-bond donors (Lipinski definition) is 0. The minimum atomic E-state index is -0.0282. The molecule has 0 saturated heterocycles. The molecule has 0 radical (unpaired) electrons. The second-order valence-corrected chi connectivity index (χ2v) is 4.39. The third-order valence-electron chi connectivity index (χ3n) is 2.84. The van der Waals surface area contributed by atoms with Gasteiger partial charge in [-0.3, -0.25) is 9.13 Å². The molecule has 0 aliphatic carbocycles. The summed E-state index contributed by atoms with van der Waals surface area (Å²) in [4.78, 5) is 11.9. The van der Waals surface area contributed by atoms with Gasteiger partial charge < -0.3 is 4.74 Å². The molecule has 5 heteroatoms. The van der Waals surface area contributed by atoms with Crippen molar-refractivity contribution in [2.24, 2.45) is 0 Å². The summed E-state index contributed by atoms with van der Waals surface area (Å²) in [7, 11) is 1.60. The van der Waals surface area contributed by atoms with Gasteiger partial charge in [-0.2, -0.15) is 0 Å². The number of aromatic nitrogens is 2. The van der Waals surface area contributed by atoms with Crippen molar-refractivity contribution < 1.29 is 4.74 Å². The van der Waals surface area contributed by atoms with Gasteiger partial charge in [-0.1, -0.05) is 11.6 Å². The van der Waals surface area contributed by atoms with Crippen molar-refractivity contribution >= 4 is 11.6 Å². The normalized spacial score (nSPS) is 10.6. The first-order chi connectivity index (χ1) is 8.65. The first-order valence-corrected chi connectivity index (χ1v) is 6.11. The Hall–Kier alpha value is -1.68. The quantitative estimate of drug-likeness (QED) is 0.852. The fourth-order valence-corrected chi connectivity index (χ4v) is 2.06. The lowest BCUT2D eigenvalue weighted by molar-refractivity contribution is 0.408. The van der Waals surface area contributed by atoms with Crippen LogP contribution in [0.3, 0.4) is 0 Å². The van der Waals surface area contributed by atoms with Crippen LogP contribution in [0, 0.1) is 0 Å². The fourth-order valence-electron chi connectivity index (χ4n) is 1.87. The molecule has 0 atom stereocenters. The first kappa shape index (κ1) is 12.8. The zero-order chi connectivity index (χ0) is 13.1. The smallest absolute Gasteiger partial charge is 0.328 e. The van der Waals surface area contributed by atoms with Crippen LogP contribution in [0.2, 0.25) is 5.02 Å². The van der Waals surface area contributed by atoms with E-state index in [1.807, 2.05) is 13.0 Å². The van der Waals surface area contributed by atoms with Crippen molar-refractivity contribution in [2.45, 2.75) is 20.0 Å². The molecule has 0 bridgehead atoms. The maximum atomic E-state index is 11.9. The molecule has 2 rings (SSSR count). The number of ether oxygens (including phenoxy) is 1. The van der Waals surface area contributed by atoms with Crippen LogP contribution in [0.5, 0.6) is 5.75 Å². The number of hydrogen-bond acceptors (Lipinski definition) is 2. The Labute approximate surface area is 110 Å². The highest BCUT2D eigenvalue weighted by molar-refractivity contribution is 6.30. The Bertz CT molecular complexity index is 601. The lowest BCUT2D eigenvalue weighted by Gasteiger charge is -2.09. The van der Waals surface area contributed by atoms with Crippen LogP contribution in [0.1, 0.15) is 12.5 Å². The highest BCUT2D eigenvalue weighted by atomic mass is 35.5. The van der Waals surface area contributed by atoms with Crippen molar-refractivity contribution in [2.75, 3.05) is 7.11 Å². The van der Waals surface area contributed by atoms with Gasteiger partial charge in [-0.25, -0.2) is 4.79 Å². The van der Waals surface area contributed by atoms with E-state index in [4.69, 9.17) is 16.3 Å². The van der Waals surface area contributed by atoms with Crippen LogP contribution < -0.4 is 10.4 Å². The molecule has 4 nitrogen and oxygen atoms in total. The van der Waals surface area contributed by atoms with E-state index in [0.29, 0.717) is 18.1 Å². The molecule has 2 aromatic rings. The first-order valence-electron chi connectivity index (χ1n) is 5.73. The van der Waals surface area contributed by atoms with E-state index in [9.17, 15) is 4.79 Å². The molecule has 0 saturated carbocycles. The molecule has 0 amide bonds. The van der Waals surface area contributed by atoms with Crippen LogP contribution in [0.4, 0.5) is 0 Å². The zero-order valence-electron chi connectivity index (χ0n) is 10.4. The monoisotopic (exact) mass is 266 g/mol. The summed E-state index contributed by atoms with van der Waals surface area (Å²) in [6.45, 7) is 3.06. The molecule has 1 heterocycles. The van der Waals surface area contributed by atoms with Gasteiger partial charge in [0, 0.05) is 29.5 Å². The van der Waals surface area contributed by atoms with E-state index < -0.39 is 0 Å². The molecule has 96 valence electrons. The number of benzene rings is 1. The predicted molar refractivity (Wildman–Crippen MR) is 71.5 cm³/mol. The second-order valence-electron chi connectivity index (χ2n) is 3.95. The van der Waals surface area contributed by atoms with Crippen molar-refractivity contribution in [1.29, 1.82) is 0 Å². The number of nitrogens with zero attached hydrogens (tertiary/aromatic N) is 2. The average molecular weight is 267 g/mol. The molecule has 1 aromatic heterocycles. The van der Waals surface area contributed by atoms with E-state index in [2.05, 4.69) is 0 Å². The number of aryl methyl sites for hydroxylation is 1. The highest BCUT2D eigenvalue weighted by Gasteiger charge is 2.07. The molecule has 0 aliphatic rings. The Morgan fingerprint density at radius 1 is 1.28 bits per heavy atom. The standard InChI is InChI=1S/C13H15ClN2O2/c1-3-15-6-7-16(13(15)17)9-10-8-11(14)4-5-12(10)18-2/h4-8H,3,9H2,1-2H3. The van der Waals surface area contributed by atoms with Crippen LogP contribution >= 0.6 is 11.6 Å². The van der Waals surface area contributed by atoms with Crippen molar-refractivity contribution in [3.05, 3.63) is 51.7 Å². The molecule has 0 aliphatic heterocycles. The number of methoxy groups -OCH3 is 1. The molecule has 0 N–H and O–H groups in total. The summed E-state index contributed by atoms with van der Waals surface area (Å²) in [5.41, 5.74) is 0.862. The molecule has 1 aromatic carbocycles. The van der Waals surface area contributed by atoms with Crippen LogP contribution in [0.25, 0.3) is 0 Å². The molecule has 0 spiro atoms. The zero-order valence-corrected chi connectivity index (χ0v) is 11.1. The lowest BCUT2D eigenvalue weighted by Crippen LogP contribution is -2.23. The van der Waals surface area contributed by atoms with Crippen molar-refractivity contribution in [3.63, 3.8) is 0 Å². The summed E-state index contributed by atoms with van der Waals surface area (Å²) in [5, 5.41) is 0.633. The summed E-state index contributed by atoms with van der Waals surface area (Å²) in [5.74, 6) is 0.732. The SMILES string of the molecule is CCn1ccn(Cc2cc(Cl)ccc2OC)c1=O. The van der Waals surface area contributed by atoms with Gasteiger partial charge in [0.2, 0.25) is 0 Å². The largest absolute Gasteiger partial charge is 0.496 e. The summed E-state index contributed by atoms with van der Waals surface area (Å²) in [6.07, 6.45) is 3.55. The summed E-state index contributed by atoms with van der Waals surface area (Å²) >= 11 is 5.96. The topological polar surface area (TPSA) is 36.2 Å². The van der Waals surface area contributed by atoms with Gasteiger partial charge in [0.15, 0.2) is 0 Å². The minimum Gasteiger partial charge on any atom is -0.496 e. The molecular formula is C13H15ClN2O2. The Balaban J connectivity index is 2.36. The van der Waals surface area contributed by atoms with E-state index in [-0.39, 0.29) is 5.69 Å². The molecule has 0 fully saturated rings. The van der Waals surface area contributed by atoms with Gasteiger partial charge in [0.25, 0.3) is 0 Å². The maximum Gasteiger partial charge on any atom is 0.328 e. The van der Waals surface area contributed by atoms with Gasteiger partial charge >= 0.3 is 5.69 Å². The van der Waals surface area contributed by atoms with E-state index in [0.717, 1.165) is 11.3 Å². The highest BCUT2D eigenvalue weighted by Crippen LogP contribution is 2.23. The Morgan fingerprint density at radius 3 is 2.61 bits per heavy atom. The summed E-state index contributed by atoms with van der Waals surface area (Å²) < 4.78 is 8.55. The van der Waals surface area contributed by atoms with E-state index in [1.54, 1.807) is 40.8 Å². The van der Waals surface area contributed by atoms with Gasteiger partial charge in [-0.05, 0) is 25.1 Å². The van der Waals surface area contributed by atoms with Crippen LogP contribution in [0.15, 0.2) is 35.4 Å². The number of rotatable bonds is 4. The molecular weight excluding hydrogens is 252 g/mol. The Kier molecular flexibility index (Phi) is 3.77. The second kappa shape index (κ2) is 5.31. The van der Waals surface area contributed by atoms with Gasteiger partial charge in [0.05, 0.1) is 13.7 Å². The van der Waals surface area contributed by atoms with Crippen LogP contribution in [-0.4, -0.2) is 16.2 Å². The predicted octanol–water partition coefficient (Wildman–Crippen LogP) is 2.38. The van der Waals surface area contributed by atoms with Crippen molar-refractivity contribution in [3.8, 4) is 5.75 Å². The van der Waals surface area contributed by atoms with Crippen molar-refractivity contribution in [1.82, 2.24) is 9.13 Å². The third kappa shape index (κ3) is 2.43. The minimum absolute atomic E-state index is 0.0282. The number of halogens is 1. The van der Waals surface area contributed by atoms with Crippen LogP contribution in [-0.2, 0) is 13.1 Å². The summed E-state index contributed by atoms with van der Waals surface area (Å²) in [6, 6.07) is 5.39. The third-order valence-corrected chi connectivity index (χ3v) is 3.08. The van der Waals surface area contributed by atoms with Gasteiger partial charge in [0.1, 0.15) is 5.75 Å². The van der Waals surface area contributed by atoms with E-state index >= 15 is 0 Å². The molecule has 0 unspecified atom stereocenters. The van der Waals surface area contributed by atoms with Gasteiger partial charge in [-0.15, -0.1) is 0 Å². The maximum absolute atomic E-state index is 11.9. The average Bonchev–Trinajstić information content (AvgIpc) is 2.71. The van der Waals surface area contributed by atoms with E-state index in [1.165, 1.54) is 0 Å². The Morgan fingerprint density at radius 2 is 2.00 bits per heavy atom. The lowest BCUT2D eigenvalue weighted by atomic mass is 10.2. The fraction of sp³-hybridized carbons (Fsp3) is 0.308. The molecule has 18 heavy (non-hydrogen) atoms.